The van der Waals surface area contributed by atoms with Crippen LogP contribution in [-0.4, -0.2) is 86.7 Å². The van der Waals surface area contributed by atoms with Gasteiger partial charge in [0.25, 0.3) is 0 Å². The Hall–Kier alpha value is -0.840. The van der Waals surface area contributed by atoms with E-state index in [4.69, 9.17) is 40.9 Å². The van der Waals surface area contributed by atoms with Gasteiger partial charge in [0, 0.05) is 25.0 Å². The molecule has 1 aromatic rings. The van der Waals surface area contributed by atoms with Crippen molar-refractivity contribution in [1.82, 2.24) is 14.7 Å². The second kappa shape index (κ2) is 16.1. The van der Waals surface area contributed by atoms with Gasteiger partial charge in [-0.3, -0.25) is 0 Å². The Kier molecular flexibility index (Phi) is 16.7. The quantitative estimate of drug-likeness (QED) is 0.0965. The van der Waals surface area contributed by atoms with Gasteiger partial charge in [0.15, 0.2) is 0 Å². The fourth-order valence-corrected chi connectivity index (χ4v) is 3.21. The topological polar surface area (TPSA) is 209 Å². The Labute approximate surface area is 227 Å². The van der Waals surface area contributed by atoms with Crippen LogP contribution in [0.25, 0.3) is 0 Å². The largest absolute Gasteiger partial charge is 1.00 e. The van der Waals surface area contributed by atoms with Crippen LogP contribution in [0.4, 0.5) is 4.79 Å². The zero-order chi connectivity index (χ0) is 26.7. The Balaban J connectivity index is 0. The van der Waals surface area contributed by atoms with Gasteiger partial charge >= 0.3 is 53.7 Å². The first kappa shape index (κ1) is 36.3. The summed E-state index contributed by atoms with van der Waals surface area (Å²) in [5.74, 6) is -7.45. The van der Waals surface area contributed by atoms with Crippen LogP contribution in [0.2, 0.25) is 0 Å². The summed E-state index contributed by atoms with van der Waals surface area (Å²) < 4.78 is 4.80. The summed E-state index contributed by atoms with van der Waals surface area (Å²) in [6.07, 6.45) is 1.08. The Morgan fingerprint density at radius 2 is 1.69 bits per heavy atom. The summed E-state index contributed by atoms with van der Waals surface area (Å²) in [6, 6.07) is 1.60. The molecule has 0 spiro atoms. The van der Waals surface area contributed by atoms with E-state index in [-0.39, 0.29) is 35.5 Å². The second-order valence-corrected chi connectivity index (χ2v) is 7.54. The molecule has 8 N–H and O–H groups in total. The summed E-state index contributed by atoms with van der Waals surface area (Å²) in [6.45, 7) is 14.2. The van der Waals surface area contributed by atoms with Crippen LogP contribution in [0.3, 0.4) is 0 Å². The molecule has 0 bridgehead atoms. The zero-order valence-electron chi connectivity index (χ0n) is 20.9. The fourth-order valence-electron chi connectivity index (χ4n) is 3.21. The van der Waals surface area contributed by atoms with Crippen LogP contribution in [0.15, 0.2) is 12.3 Å². The van der Waals surface area contributed by atoms with Gasteiger partial charge in [-0.05, 0) is 24.8 Å². The van der Waals surface area contributed by atoms with Crippen molar-refractivity contribution in [1.29, 1.82) is 0 Å². The van der Waals surface area contributed by atoms with Crippen molar-refractivity contribution in [2.24, 2.45) is 5.92 Å². The van der Waals surface area contributed by atoms with E-state index in [1.807, 2.05) is 20.8 Å². The zero-order valence-corrected chi connectivity index (χ0v) is 22.9. The monoisotopic (exact) mass is 516 g/mol. The number of amides is 1. The van der Waals surface area contributed by atoms with E-state index in [2.05, 4.69) is 23.7 Å². The van der Waals surface area contributed by atoms with Crippen molar-refractivity contribution in [3.8, 4) is 0 Å². The maximum atomic E-state index is 11.5. The maximum absolute atomic E-state index is 11.5. The fraction of sp³-hybridized carbons (Fsp3) is 0.714. The summed E-state index contributed by atoms with van der Waals surface area (Å²) in [5.41, 5.74) is 0.502. The SMILES string of the molecule is CC.CCCC1CCN(C(=O)OC(O)(O)C(O)(O)O)C1.[CH2-]CC(C[CH2-])c1ccnn1C(O)(O)O.[Na+]. The Morgan fingerprint density at radius 3 is 2.11 bits per heavy atom. The number of aromatic nitrogens is 2. The molecule has 2 rings (SSSR count). The number of hydrogen-bond acceptors (Lipinski definition) is 11. The van der Waals surface area contributed by atoms with Crippen LogP contribution < -0.4 is 29.6 Å². The molecule has 35 heavy (non-hydrogen) atoms. The number of aliphatic hydroxyl groups is 8. The van der Waals surface area contributed by atoms with Crippen LogP contribution >= 0.6 is 0 Å². The molecule has 1 aliphatic rings. The molecule has 200 valence electrons. The normalized spacial score (nSPS) is 16.1. The van der Waals surface area contributed by atoms with E-state index in [0.717, 1.165) is 23.9 Å². The third-order valence-corrected chi connectivity index (χ3v) is 4.98. The number of rotatable bonds is 8. The Morgan fingerprint density at radius 1 is 1.14 bits per heavy atom. The minimum Gasteiger partial charge on any atom is -0.385 e. The predicted octanol–water partition coefficient (Wildman–Crippen LogP) is -3.50. The Bertz CT molecular complexity index is 715. The van der Waals surface area contributed by atoms with Gasteiger partial charge in [-0.2, -0.15) is 22.6 Å². The number of ether oxygens (including phenoxy) is 1. The van der Waals surface area contributed by atoms with Gasteiger partial charge in [0.05, 0.1) is 0 Å². The average Bonchev–Trinajstić information content (AvgIpc) is 3.40. The van der Waals surface area contributed by atoms with Crippen LogP contribution in [-0.2, 0) is 10.8 Å². The van der Waals surface area contributed by atoms with Crippen LogP contribution in [0.5, 0.6) is 0 Å². The van der Waals surface area contributed by atoms with Crippen molar-refractivity contribution in [3.63, 3.8) is 0 Å². The van der Waals surface area contributed by atoms with Crippen molar-refractivity contribution >= 4 is 6.09 Å². The summed E-state index contributed by atoms with van der Waals surface area (Å²) in [4.78, 5) is 12.7. The number of carbonyl (C=O) groups is 1. The molecule has 1 fully saturated rings. The standard InChI is InChI=1S/C10H19NO7.C9H14N2O3.C2H6.Na/c1-2-3-7-4-5-11(6-7)8(12)18-10(16,17)9(13,14)15;1-3-7(4-2)8-5-6-10-11(8)9(12,13)14;1-2;/h7,13-17H,2-6H2,1H3;5-7,12-14H,1-4H2;1-2H3;/q;-2;;+1. The number of carbonyl (C=O) groups excluding carboxylic acids is 1. The summed E-state index contributed by atoms with van der Waals surface area (Å²) in [5, 5.41) is 74.3. The van der Waals surface area contributed by atoms with Crippen molar-refractivity contribution in [2.45, 2.75) is 76.8 Å². The first-order valence-electron chi connectivity index (χ1n) is 11.1. The van der Waals surface area contributed by atoms with Gasteiger partial charge in [0.2, 0.25) is 0 Å². The average molecular weight is 517 g/mol. The molecule has 13 nitrogen and oxygen atoms in total. The summed E-state index contributed by atoms with van der Waals surface area (Å²) >= 11 is 0. The van der Waals surface area contributed by atoms with Gasteiger partial charge in [-0.15, -0.1) is 0 Å². The minimum absolute atomic E-state index is 0. The van der Waals surface area contributed by atoms with E-state index in [1.54, 1.807) is 6.07 Å². The van der Waals surface area contributed by atoms with E-state index < -0.39 is 24.1 Å². The third kappa shape index (κ3) is 11.4. The van der Waals surface area contributed by atoms with E-state index in [9.17, 15) is 4.79 Å². The molecule has 2 heterocycles. The second-order valence-electron chi connectivity index (χ2n) is 7.54. The molecule has 1 aromatic heterocycles. The number of hydrogen-bond donors (Lipinski definition) is 8. The van der Waals surface area contributed by atoms with Gasteiger partial charge in [-0.1, -0.05) is 33.1 Å². The predicted molar refractivity (Wildman–Crippen MR) is 119 cm³/mol. The molecule has 1 amide bonds. The van der Waals surface area contributed by atoms with Crippen molar-refractivity contribution < 1.29 is 79.9 Å². The van der Waals surface area contributed by atoms with E-state index in [0.29, 0.717) is 37.5 Å². The molecule has 14 heteroatoms. The molecule has 0 aromatic carbocycles. The maximum Gasteiger partial charge on any atom is 1.00 e. The molecule has 1 atom stereocenters. The first-order valence-corrected chi connectivity index (χ1v) is 11.1. The van der Waals surface area contributed by atoms with Gasteiger partial charge < -0.3 is 64.3 Å². The van der Waals surface area contributed by atoms with Crippen molar-refractivity contribution in [3.05, 3.63) is 31.8 Å². The molecule has 1 saturated heterocycles. The summed E-state index contributed by atoms with van der Waals surface area (Å²) in [7, 11) is 0. The molecular formula is C21H39N3NaO10-. The molecule has 0 saturated carbocycles. The van der Waals surface area contributed by atoms with Crippen LogP contribution in [0, 0.1) is 19.8 Å². The molecule has 0 aliphatic carbocycles. The molecule has 1 aliphatic heterocycles. The third-order valence-electron chi connectivity index (χ3n) is 4.98. The molecule has 0 radical (unpaired) electrons. The number of nitrogens with zero attached hydrogens (tertiary/aromatic N) is 3. The minimum atomic E-state index is -3.94. The van der Waals surface area contributed by atoms with E-state index in [1.165, 1.54) is 11.1 Å². The smallest absolute Gasteiger partial charge is 0.385 e. The first-order chi connectivity index (χ1) is 15.7. The van der Waals surface area contributed by atoms with Gasteiger partial charge in [0.1, 0.15) is 0 Å². The van der Waals surface area contributed by atoms with Gasteiger partial charge in [-0.25, -0.2) is 4.79 Å². The van der Waals surface area contributed by atoms with Crippen LogP contribution in [0.1, 0.15) is 64.5 Å². The number of likely N-dealkylation sites (tertiary alicyclic amines) is 1. The van der Waals surface area contributed by atoms with Crippen molar-refractivity contribution in [2.75, 3.05) is 13.1 Å². The molecule has 1 unspecified atom stereocenters. The van der Waals surface area contributed by atoms with E-state index >= 15 is 0 Å². The molecular weight excluding hydrogens is 477 g/mol.